The third kappa shape index (κ3) is 5.26. The maximum absolute atomic E-state index is 12.2. The number of nitrogens with zero attached hydrogens (tertiary/aromatic N) is 1. The molecule has 0 aliphatic heterocycles. The Hall–Kier alpha value is -1.62. The molecule has 0 atom stereocenters. The molecule has 0 bridgehead atoms. The number of rotatable bonds is 8. The second-order valence-corrected chi connectivity index (χ2v) is 4.51. The van der Waals surface area contributed by atoms with Crippen molar-refractivity contribution in [3.05, 3.63) is 34.2 Å². The molecule has 1 rings (SSSR count). The van der Waals surface area contributed by atoms with Crippen LogP contribution in [0.15, 0.2) is 23.0 Å². The van der Waals surface area contributed by atoms with Gasteiger partial charge in [0.25, 0.3) is 5.91 Å². The predicted molar refractivity (Wildman–Crippen MR) is 74.2 cm³/mol. The molecule has 2 N–H and O–H groups in total. The summed E-state index contributed by atoms with van der Waals surface area (Å²) >= 11 is 0. The third-order valence-corrected chi connectivity index (χ3v) is 2.94. The predicted octanol–water partition coefficient (Wildman–Crippen LogP) is 1.39. The normalized spacial score (nSPS) is 10.4. The number of aliphatic hydroxyl groups is 1. The van der Waals surface area contributed by atoms with Crippen molar-refractivity contribution in [2.75, 3.05) is 19.7 Å². The van der Waals surface area contributed by atoms with Gasteiger partial charge in [-0.3, -0.25) is 9.59 Å². The highest BCUT2D eigenvalue weighted by molar-refractivity contribution is 5.92. The van der Waals surface area contributed by atoms with Crippen LogP contribution in [0.2, 0.25) is 0 Å². The van der Waals surface area contributed by atoms with E-state index in [1.54, 1.807) is 17.0 Å². The average Bonchev–Trinajstić information content (AvgIpc) is 2.41. The number of aromatic amines is 1. The van der Waals surface area contributed by atoms with Crippen LogP contribution in [0.3, 0.4) is 0 Å². The van der Waals surface area contributed by atoms with E-state index < -0.39 is 0 Å². The first-order chi connectivity index (χ1) is 9.19. The number of nitrogens with one attached hydrogen (secondary N) is 1. The molecule has 5 heteroatoms. The van der Waals surface area contributed by atoms with Crippen LogP contribution in [0.25, 0.3) is 0 Å². The molecule has 0 radical (unpaired) electrons. The molecule has 0 aromatic carbocycles. The second-order valence-electron chi connectivity index (χ2n) is 4.51. The summed E-state index contributed by atoms with van der Waals surface area (Å²) in [6, 6.07) is 4.51. The van der Waals surface area contributed by atoms with E-state index in [-0.39, 0.29) is 23.8 Å². The number of hydrogen-bond acceptors (Lipinski definition) is 3. The van der Waals surface area contributed by atoms with Crippen LogP contribution in [0, 0.1) is 0 Å². The first-order valence-corrected chi connectivity index (χ1v) is 6.78. The first-order valence-electron chi connectivity index (χ1n) is 6.78. The van der Waals surface area contributed by atoms with Crippen molar-refractivity contribution >= 4 is 5.91 Å². The molecule has 1 aromatic heterocycles. The van der Waals surface area contributed by atoms with Crippen molar-refractivity contribution in [3.8, 4) is 0 Å². The van der Waals surface area contributed by atoms with Gasteiger partial charge in [-0.05, 0) is 12.5 Å². The molecule has 0 spiro atoms. The standard InChI is InChI=1S/C14H22N2O3/c1-2-3-4-5-9-16(10-11-17)14(19)12-7-6-8-13(18)15-12/h6-8,17H,2-5,9-11H2,1H3,(H,15,18). The lowest BCUT2D eigenvalue weighted by Gasteiger charge is -2.21. The summed E-state index contributed by atoms with van der Waals surface area (Å²) in [6.07, 6.45) is 4.26. The van der Waals surface area contributed by atoms with Crippen molar-refractivity contribution in [1.82, 2.24) is 9.88 Å². The molecule has 106 valence electrons. The zero-order chi connectivity index (χ0) is 14.1. The SMILES string of the molecule is CCCCCCN(CCO)C(=O)c1cccc(=O)[nH]1. The minimum absolute atomic E-state index is 0.0728. The molecule has 0 fully saturated rings. The molecule has 0 saturated carbocycles. The van der Waals surface area contributed by atoms with Crippen LogP contribution in [0.4, 0.5) is 0 Å². The summed E-state index contributed by atoms with van der Waals surface area (Å²) in [4.78, 5) is 27.5. The highest BCUT2D eigenvalue weighted by Gasteiger charge is 2.15. The lowest BCUT2D eigenvalue weighted by Crippen LogP contribution is -2.35. The molecule has 0 saturated heterocycles. The van der Waals surface area contributed by atoms with Gasteiger partial charge < -0.3 is 15.0 Å². The summed E-state index contributed by atoms with van der Waals surface area (Å²) in [6.45, 7) is 2.96. The fourth-order valence-electron chi connectivity index (χ4n) is 1.91. The zero-order valence-corrected chi connectivity index (χ0v) is 11.4. The second kappa shape index (κ2) is 8.48. The van der Waals surface area contributed by atoms with Crippen LogP contribution in [0.5, 0.6) is 0 Å². The lowest BCUT2D eigenvalue weighted by atomic mass is 10.2. The lowest BCUT2D eigenvalue weighted by molar-refractivity contribution is 0.0712. The Morgan fingerprint density at radius 3 is 2.68 bits per heavy atom. The van der Waals surface area contributed by atoms with E-state index in [1.165, 1.54) is 6.07 Å². The van der Waals surface area contributed by atoms with E-state index in [2.05, 4.69) is 11.9 Å². The van der Waals surface area contributed by atoms with Gasteiger partial charge in [0.1, 0.15) is 5.69 Å². The monoisotopic (exact) mass is 266 g/mol. The third-order valence-electron chi connectivity index (χ3n) is 2.94. The minimum atomic E-state index is -0.291. The van der Waals surface area contributed by atoms with E-state index in [4.69, 9.17) is 5.11 Å². The Kier molecular flexibility index (Phi) is 6.89. The molecule has 0 unspecified atom stereocenters. The topological polar surface area (TPSA) is 73.4 Å². The summed E-state index contributed by atoms with van der Waals surface area (Å²) in [5.41, 5.74) is -0.0165. The number of carbonyl (C=O) groups is 1. The van der Waals surface area contributed by atoms with Crippen molar-refractivity contribution in [2.45, 2.75) is 32.6 Å². The van der Waals surface area contributed by atoms with Gasteiger partial charge in [0, 0.05) is 19.2 Å². The Balaban J connectivity index is 2.64. The Bertz CT molecular complexity index is 442. The Morgan fingerprint density at radius 1 is 1.26 bits per heavy atom. The van der Waals surface area contributed by atoms with Crippen LogP contribution < -0.4 is 5.56 Å². The average molecular weight is 266 g/mol. The van der Waals surface area contributed by atoms with Crippen molar-refractivity contribution in [3.63, 3.8) is 0 Å². The summed E-state index contributed by atoms with van der Waals surface area (Å²) in [7, 11) is 0. The van der Waals surface area contributed by atoms with Crippen molar-refractivity contribution in [1.29, 1.82) is 0 Å². The van der Waals surface area contributed by atoms with E-state index in [0.29, 0.717) is 13.1 Å². The molecule has 1 heterocycles. The number of aliphatic hydroxyl groups excluding tert-OH is 1. The maximum Gasteiger partial charge on any atom is 0.270 e. The molecule has 1 amide bonds. The van der Waals surface area contributed by atoms with Crippen molar-refractivity contribution < 1.29 is 9.90 Å². The molecular weight excluding hydrogens is 244 g/mol. The summed E-state index contributed by atoms with van der Waals surface area (Å²) < 4.78 is 0. The number of amides is 1. The van der Waals surface area contributed by atoms with Crippen LogP contribution >= 0.6 is 0 Å². The van der Waals surface area contributed by atoms with Gasteiger partial charge in [-0.15, -0.1) is 0 Å². The van der Waals surface area contributed by atoms with Crippen molar-refractivity contribution in [2.24, 2.45) is 0 Å². The summed E-state index contributed by atoms with van der Waals surface area (Å²) in [5.74, 6) is -0.233. The number of aromatic nitrogens is 1. The number of H-pyrrole nitrogens is 1. The highest BCUT2D eigenvalue weighted by Crippen LogP contribution is 2.05. The van der Waals surface area contributed by atoms with Crippen LogP contribution in [0.1, 0.15) is 43.1 Å². The van der Waals surface area contributed by atoms with Gasteiger partial charge in [0.2, 0.25) is 5.56 Å². The Labute approximate surface area is 113 Å². The van der Waals surface area contributed by atoms with E-state index in [0.717, 1.165) is 25.7 Å². The number of unbranched alkanes of at least 4 members (excludes halogenated alkanes) is 3. The fraction of sp³-hybridized carbons (Fsp3) is 0.571. The summed E-state index contributed by atoms with van der Waals surface area (Å²) in [5, 5.41) is 9.02. The fourth-order valence-corrected chi connectivity index (χ4v) is 1.91. The maximum atomic E-state index is 12.2. The molecular formula is C14H22N2O3. The minimum Gasteiger partial charge on any atom is -0.395 e. The van der Waals surface area contributed by atoms with Gasteiger partial charge in [-0.1, -0.05) is 32.3 Å². The number of pyridine rings is 1. The molecule has 5 nitrogen and oxygen atoms in total. The Morgan fingerprint density at radius 2 is 2.05 bits per heavy atom. The molecule has 0 aliphatic rings. The molecule has 19 heavy (non-hydrogen) atoms. The van der Waals surface area contributed by atoms with Crippen LogP contribution in [-0.2, 0) is 0 Å². The van der Waals surface area contributed by atoms with E-state index in [1.807, 2.05) is 0 Å². The number of carbonyl (C=O) groups excluding carboxylic acids is 1. The zero-order valence-electron chi connectivity index (χ0n) is 11.4. The van der Waals surface area contributed by atoms with Gasteiger partial charge in [0.05, 0.1) is 6.61 Å². The van der Waals surface area contributed by atoms with E-state index in [9.17, 15) is 9.59 Å². The largest absolute Gasteiger partial charge is 0.395 e. The van der Waals surface area contributed by atoms with Gasteiger partial charge >= 0.3 is 0 Å². The molecule has 0 aliphatic carbocycles. The quantitative estimate of drug-likeness (QED) is 0.698. The smallest absolute Gasteiger partial charge is 0.270 e. The first kappa shape index (κ1) is 15.4. The van der Waals surface area contributed by atoms with Gasteiger partial charge in [-0.25, -0.2) is 0 Å². The van der Waals surface area contributed by atoms with Gasteiger partial charge in [0.15, 0.2) is 0 Å². The van der Waals surface area contributed by atoms with Gasteiger partial charge in [-0.2, -0.15) is 0 Å². The number of hydrogen-bond donors (Lipinski definition) is 2. The van der Waals surface area contributed by atoms with E-state index >= 15 is 0 Å². The molecule has 1 aromatic rings. The highest BCUT2D eigenvalue weighted by atomic mass is 16.3. The van der Waals surface area contributed by atoms with Crippen LogP contribution in [-0.4, -0.2) is 40.6 Å².